The monoisotopic (exact) mass is 493 g/mol. The number of likely N-dealkylation sites (N-methyl/N-ethyl adjacent to an activating group) is 1. The largest absolute Gasteiger partial charge is 0.357 e. The molecule has 2 rings (SSSR count). The minimum absolute atomic E-state index is 0. The SMILES string of the molecule is CCNC(=NCC(C)N1CCN(CC)CC1)NCCCC1CCCCC1.I. The molecule has 1 heterocycles. The van der Waals surface area contributed by atoms with Crippen molar-refractivity contribution in [1.82, 2.24) is 20.4 Å². The summed E-state index contributed by atoms with van der Waals surface area (Å²) in [4.78, 5) is 9.97. The molecule has 2 aliphatic rings. The molecule has 27 heavy (non-hydrogen) atoms. The Kier molecular flexibility index (Phi) is 13.7. The number of guanidine groups is 1. The van der Waals surface area contributed by atoms with Crippen LogP contribution in [0.15, 0.2) is 4.99 Å². The number of nitrogens with one attached hydrogen (secondary N) is 2. The molecule has 2 fully saturated rings. The molecule has 0 aromatic heterocycles. The molecule has 160 valence electrons. The zero-order chi connectivity index (χ0) is 18.6. The van der Waals surface area contributed by atoms with E-state index in [4.69, 9.17) is 4.99 Å². The second kappa shape index (κ2) is 14.9. The molecule has 1 aliphatic heterocycles. The van der Waals surface area contributed by atoms with Crippen LogP contribution in [0.1, 0.15) is 65.7 Å². The van der Waals surface area contributed by atoms with Crippen LogP contribution in [0.25, 0.3) is 0 Å². The Hall–Kier alpha value is -0.0800. The molecule has 1 unspecified atom stereocenters. The first-order chi connectivity index (χ1) is 12.7. The van der Waals surface area contributed by atoms with Crippen LogP contribution in [0.3, 0.4) is 0 Å². The van der Waals surface area contributed by atoms with Crippen LogP contribution in [0.5, 0.6) is 0 Å². The standard InChI is InChI=1S/C21H43N5.HI/c1-4-22-21(23-13-9-12-20-10-7-6-8-11-20)24-18-19(3)26-16-14-25(5-2)15-17-26;/h19-20H,4-18H2,1-3H3,(H2,22,23,24);1H. The fourth-order valence-electron chi connectivity index (χ4n) is 4.27. The van der Waals surface area contributed by atoms with Crippen molar-refractivity contribution >= 4 is 29.9 Å². The highest BCUT2D eigenvalue weighted by atomic mass is 127. The van der Waals surface area contributed by atoms with E-state index < -0.39 is 0 Å². The molecule has 1 saturated carbocycles. The molecule has 0 bridgehead atoms. The van der Waals surface area contributed by atoms with Crippen molar-refractivity contribution in [1.29, 1.82) is 0 Å². The van der Waals surface area contributed by atoms with Crippen LogP contribution in [0.2, 0.25) is 0 Å². The molecule has 1 atom stereocenters. The van der Waals surface area contributed by atoms with Gasteiger partial charge in [0, 0.05) is 45.3 Å². The van der Waals surface area contributed by atoms with Crippen molar-refractivity contribution in [3.05, 3.63) is 0 Å². The molecule has 0 aromatic carbocycles. The average molecular weight is 494 g/mol. The van der Waals surface area contributed by atoms with Crippen LogP contribution < -0.4 is 10.6 Å². The minimum Gasteiger partial charge on any atom is -0.357 e. The summed E-state index contributed by atoms with van der Waals surface area (Å²) in [7, 11) is 0. The van der Waals surface area contributed by atoms with Gasteiger partial charge in [-0.1, -0.05) is 39.0 Å². The second-order valence-electron chi connectivity index (χ2n) is 8.11. The lowest BCUT2D eigenvalue weighted by molar-refractivity contribution is 0.109. The Morgan fingerprint density at radius 2 is 1.74 bits per heavy atom. The Bertz CT molecular complexity index is 390. The van der Waals surface area contributed by atoms with Gasteiger partial charge in [0.2, 0.25) is 0 Å². The average Bonchev–Trinajstić information content (AvgIpc) is 2.70. The van der Waals surface area contributed by atoms with E-state index in [1.165, 1.54) is 77.7 Å². The van der Waals surface area contributed by atoms with E-state index in [9.17, 15) is 0 Å². The number of hydrogen-bond donors (Lipinski definition) is 2. The van der Waals surface area contributed by atoms with Crippen molar-refractivity contribution < 1.29 is 0 Å². The molecule has 2 N–H and O–H groups in total. The van der Waals surface area contributed by atoms with Gasteiger partial charge >= 0.3 is 0 Å². The van der Waals surface area contributed by atoms with Crippen molar-refractivity contribution in [2.45, 2.75) is 71.8 Å². The fourth-order valence-corrected chi connectivity index (χ4v) is 4.27. The number of hydrogen-bond acceptors (Lipinski definition) is 3. The Morgan fingerprint density at radius 3 is 2.37 bits per heavy atom. The van der Waals surface area contributed by atoms with E-state index in [2.05, 4.69) is 41.2 Å². The van der Waals surface area contributed by atoms with Crippen LogP contribution in [-0.4, -0.2) is 74.2 Å². The maximum atomic E-state index is 4.85. The van der Waals surface area contributed by atoms with Gasteiger partial charge in [-0.3, -0.25) is 9.89 Å². The molecule has 0 radical (unpaired) electrons. The quantitative estimate of drug-likeness (QED) is 0.223. The second-order valence-corrected chi connectivity index (χ2v) is 8.11. The van der Waals surface area contributed by atoms with Gasteiger partial charge in [0.25, 0.3) is 0 Å². The highest BCUT2D eigenvalue weighted by Crippen LogP contribution is 2.26. The molecule has 0 amide bonds. The van der Waals surface area contributed by atoms with Crippen LogP contribution in [0.4, 0.5) is 0 Å². The fraction of sp³-hybridized carbons (Fsp3) is 0.952. The lowest BCUT2D eigenvalue weighted by Gasteiger charge is -2.37. The van der Waals surface area contributed by atoms with Gasteiger partial charge in [-0.15, -0.1) is 24.0 Å². The molecular formula is C21H44IN5. The highest BCUT2D eigenvalue weighted by Gasteiger charge is 2.20. The lowest BCUT2D eigenvalue weighted by atomic mass is 9.86. The number of rotatable bonds is 9. The third-order valence-corrected chi connectivity index (χ3v) is 6.14. The van der Waals surface area contributed by atoms with Crippen molar-refractivity contribution in [2.24, 2.45) is 10.9 Å². The number of nitrogens with zero attached hydrogens (tertiary/aromatic N) is 3. The van der Waals surface area contributed by atoms with Crippen LogP contribution in [0, 0.1) is 5.92 Å². The summed E-state index contributed by atoms with van der Waals surface area (Å²) in [5.74, 6) is 1.97. The van der Waals surface area contributed by atoms with Crippen LogP contribution >= 0.6 is 24.0 Å². The Morgan fingerprint density at radius 1 is 1.04 bits per heavy atom. The summed E-state index contributed by atoms with van der Waals surface area (Å²) >= 11 is 0. The van der Waals surface area contributed by atoms with Gasteiger partial charge in [-0.05, 0) is 39.2 Å². The molecular weight excluding hydrogens is 449 g/mol. The van der Waals surface area contributed by atoms with Crippen molar-refractivity contribution in [3.8, 4) is 0 Å². The Balaban J connectivity index is 0.00000364. The third-order valence-electron chi connectivity index (χ3n) is 6.14. The molecule has 5 nitrogen and oxygen atoms in total. The molecule has 1 aliphatic carbocycles. The summed E-state index contributed by atoms with van der Waals surface area (Å²) in [6, 6.07) is 0.520. The van der Waals surface area contributed by atoms with Crippen LogP contribution in [-0.2, 0) is 0 Å². The summed E-state index contributed by atoms with van der Waals surface area (Å²) in [6.07, 6.45) is 9.92. The lowest BCUT2D eigenvalue weighted by Crippen LogP contribution is -2.50. The van der Waals surface area contributed by atoms with E-state index >= 15 is 0 Å². The predicted molar refractivity (Wildman–Crippen MR) is 128 cm³/mol. The highest BCUT2D eigenvalue weighted by molar-refractivity contribution is 14.0. The zero-order valence-electron chi connectivity index (χ0n) is 18.0. The molecule has 1 saturated heterocycles. The minimum atomic E-state index is 0. The normalized spacial score (nSPS) is 21.5. The van der Waals surface area contributed by atoms with E-state index in [0.717, 1.165) is 31.5 Å². The van der Waals surface area contributed by atoms with Gasteiger partial charge < -0.3 is 15.5 Å². The first-order valence-electron chi connectivity index (χ1n) is 11.2. The predicted octanol–water partition coefficient (Wildman–Crippen LogP) is 3.55. The Labute approximate surface area is 185 Å². The van der Waals surface area contributed by atoms with E-state index in [-0.39, 0.29) is 24.0 Å². The zero-order valence-corrected chi connectivity index (χ0v) is 20.3. The first kappa shape index (κ1) is 25.0. The smallest absolute Gasteiger partial charge is 0.191 e. The number of piperazine rings is 1. The van der Waals surface area contributed by atoms with Gasteiger partial charge in [0.15, 0.2) is 5.96 Å². The molecule has 0 spiro atoms. The number of halogens is 1. The molecule has 6 heteroatoms. The van der Waals surface area contributed by atoms with Gasteiger partial charge in [-0.2, -0.15) is 0 Å². The molecule has 0 aromatic rings. The van der Waals surface area contributed by atoms with E-state index in [0.29, 0.717) is 6.04 Å². The van der Waals surface area contributed by atoms with E-state index in [1.807, 2.05) is 0 Å². The maximum absolute atomic E-state index is 4.85. The van der Waals surface area contributed by atoms with Crippen molar-refractivity contribution in [3.63, 3.8) is 0 Å². The summed E-state index contributed by atoms with van der Waals surface area (Å²) < 4.78 is 0. The number of aliphatic imine (C=N–C) groups is 1. The van der Waals surface area contributed by atoms with Crippen molar-refractivity contribution in [2.75, 3.05) is 52.4 Å². The van der Waals surface area contributed by atoms with E-state index in [1.54, 1.807) is 0 Å². The third kappa shape index (κ3) is 9.79. The maximum Gasteiger partial charge on any atom is 0.191 e. The van der Waals surface area contributed by atoms with Gasteiger partial charge in [-0.25, -0.2) is 0 Å². The topological polar surface area (TPSA) is 42.9 Å². The first-order valence-corrected chi connectivity index (χ1v) is 11.2. The summed E-state index contributed by atoms with van der Waals surface area (Å²) in [5.41, 5.74) is 0. The van der Waals surface area contributed by atoms with Gasteiger partial charge in [0.1, 0.15) is 0 Å². The summed E-state index contributed by atoms with van der Waals surface area (Å²) in [6.45, 7) is 15.5. The van der Waals surface area contributed by atoms with Gasteiger partial charge in [0.05, 0.1) is 6.54 Å². The summed E-state index contributed by atoms with van der Waals surface area (Å²) in [5, 5.41) is 6.95.